The minimum Gasteiger partial charge on any atom is -0.378 e. The van der Waals surface area contributed by atoms with Crippen molar-refractivity contribution in [3.63, 3.8) is 0 Å². The van der Waals surface area contributed by atoms with E-state index < -0.39 is 10.0 Å². The highest BCUT2D eigenvalue weighted by Crippen LogP contribution is 2.26. The van der Waals surface area contributed by atoms with Crippen LogP contribution in [0.3, 0.4) is 0 Å². The van der Waals surface area contributed by atoms with Crippen LogP contribution in [0.2, 0.25) is 0 Å². The van der Waals surface area contributed by atoms with E-state index in [1.54, 1.807) is 12.1 Å². The molecule has 2 saturated heterocycles. The average Bonchev–Trinajstić information content (AvgIpc) is 2.68. The Morgan fingerprint density at radius 2 is 1.77 bits per heavy atom. The molecule has 0 aliphatic carbocycles. The predicted octanol–water partition coefficient (Wildman–Crippen LogP) is 2.07. The third kappa shape index (κ3) is 4.10. The molecule has 0 bridgehead atoms. The molecule has 1 atom stereocenters. The number of carbonyl (C=O) groups excluding carboxylic acids is 1. The Morgan fingerprint density at radius 1 is 1.12 bits per heavy atom. The van der Waals surface area contributed by atoms with Gasteiger partial charge in [-0.05, 0) is 36.5 Å². The van der Waals surface area contributed by atoms with Gasteiger partial charge in [0.05, 0.1) is 24.0 Å². The summed E-state index contributed by atoms with van der Waals surface area (Å²) in [5.74, 6) is 0.159. The van der Waals surface area contributed by atoms with Gasteiger partial charge in [0.25, 0.3) is 0 Å². The number of rotatable bonds is 4. The number of nitrogens with zero attached hydrogens (tertiary/aromatic N) is 2. The minimum atomic E-state index is -3.56. The van der Waals surface area contributed by atoms with Gasteiger partial charge in [-0.2, -0.15) is 4.31 Å². The highest BCUT2D eigenvalue weighted by atomic mass is 32.2. The van der Waals surface area contributed by atoms with Crippen LogP contribution in [0.4, 0.5) is 0 Å². The van der Waals surface area contributed by atoms with E-state index >= 15 is 0 Å². The van der Waals surface area contributed by atoms with E-state index in [2.05, 4.69) is 13.8 Å². The van der Waals surface area contributed by atoms with Crippen molar-refractivity contribution < 1.29 is 17.9 Å². The molecule has 2 aliphatic heterocycles. The van der Waals surface area contributed by atoms with E-state index in [4.69, 9.17) is 4.74 Å². The molecular formula is C19H28N2O4S. The predicted molar refractivity (Wildman–Crippen MR) is 99.4 cm³/mol. The number of carbonyl (C=O) groups is 1. The molecule has 2 aliphatic rings. The number of ether oxygens (including phenoxy) is 1. The largest absolute Gasteiger partial charge is 0.378 e. The first-order valence-electron chi connectivity index (χ1n) is 9.36. The van der Waals surface area contributed by atoms with Crippen LogP contribution in [-0.4, -0.2) is 62.9 Å². The Bertz CT molecular complexity index is 724. The van der Waals surface area contributed by atoms with Crippen LogP contribution in [0.25, 0.3) is 0 Å². The average molecular weight is 381 g/mol. The summed E-state index contributed by atoms with van der Waals surface area (Å²) in [5, 5.41) is 0. The molecule has 3 rings (SSSR count). The van der Waals surface area contributed by atoms with Gasteiger partial charge < -0.3 is 9.64 Å². The van der Waals surface area contributed by atoms with E-state index in [9.17, 15) is 13.2 Å². The lowest BCUT2D eigenvalue weighted by Crippen LogP contribution is -2.49. The summed E-state index contributed by atoms with van der Waals surface area (Å²) in [5.41, 5.74) is 1.11. The molecule has 2 heterocycles. The Kier molecular flexibility index (Phi) is 5.99. The highest BCUT2D eigenvalue weighted by Gasteiger charge is 2.35. The Balaban J connectivity index is 1.72. The molecule has 1 unspecified atom stereocenters. The van der Waals surface area contributed by atoms with Gasteiger partial charge in [-0.3, -0.25) is 4.79 Å². The van der Waals surface area contributed by atoms with Crippen molar-refractivity contribution in [1.29, 1.82) is 0 Å². The minimum absolute atomic E-state index is 0.0587. The first-order valence-corrected chi connectivity index (χ1v) is 10.8. The van der Waals surface area contributed by atoms with Crippen molar-refractivity contribution in [2.45, 2.75) is 37.5 Å². The molecule has 144 valence electrons. The lowest BCUT2D eigenvalue weighted by Gasteiger charge is -2.35. The van der Waals surface area contributed by atoms with Gasteiger partial charge in [0.2, 0.25) is 15.9 Å². The van der Waals surface area contributed by atoms with E-state index in [1.165, 1.54) is 4.31 Å². The van der Waals surface area contributed by atoms with Crippen LogP contribution in [-0.2, 0) is 19.6 Å². The Hall–Kier alpha value is -1.44. The first kappa shape index (κ1) is 19.3. The number of morpholine rings is 1. The van der Waals surface area contributed by atoms with Crippen LogP contribution in [0.1, 0.15) is 38.2 Å². The lowest BCUT2D eigenvalue weighted by molar-refractivity contribution is -0.140. The Labute approximate surface area is 156 Å². The molecule has 7 heteroatoms. The van der Waals surface area contributed by atoms with Crippen molar-refractivity contribution in [2.24, 2.45) is 5.92 Å². The third-order valence-corrected chi connectivity index (χ3v) is 7.12. The molecule has 6 nitrogen and oxygen atoms in total. The molecular weight excluding hydrogens is 352 g/mol. The summed E-state index contributed by atoms with van der Waals surface area (Å²) in [4.78, 5) is 14.8. The van der Waals surface area contributed by atoms with Crippen LogP contribution in [0.15, 0.2) is 29.2 Å². The maximum absolute atomic E-state index is 13.0. The summed E-state index contributed by atoms with van der Waals surface area (Å²) in [6.07, 6.45) is 1.46. The summed E-state index contributed by atoms with van der Waals surface area (Å²) < 4.78 is 32.8. The summed E-state index contributed by atoms with van der Waals surface area (Å²) >= 11 is 0. The number of amides is 1. The maximum atomic E-state index is 13.0. The molecule has 26 heavy (non-hydrogen) atoms. The van der Waals surface area contributed by atoms with Gasteiger partial charge in [-0.25, -0.2) is 8.42 Å². The van der Waals surface area contributed by atoms with Crippen molar-refractivity contribution >= 4 is 15.9 Å². The van der Waals surface area contributed by atoms with Gasteiger partial charge in [0.15, 0.2) is 0 Å². The second kappa shape index (κ2) is 8.06. The second-order valence-electron chi connectivity index (χ2n) is 7.36. The fourth-order valence-corrected chi connectivity index (χ4v) is 5.10. The van der Waals surface area contributed by atoms with E-state index in [0.717, 1.165) is 12.0 Å². The van der Waals surface area contributed by atoms with E-state index in [1.807, 2.05) is 17.0 Å². The van der Waals surface area contributed by atoms with Crippen LogP contribution < -0.4 is 0 Å². The molecule has 0 spiro atoms. The third-order valence-electron chi connectivity index (χ3n) is 5.24. The van der Waals surface area contributed by atoms with Crippen molar-refractivity contribution in [1.82, 2.24) is 9.21 Å². The normalized spacial score (nSPS) is 22.6. The maximum Gasteiger partial charge on any atom is 0.243 e. The number of piperidine rings is 1. The zero-order valence-corrected chi connectivity index (χ0v) is 16.4. The van der Waals surface area contributed by atoms with Gasteiger partial charge in [-0.1, -0.05) is 26.0 Å². The molecule has 0 radical (unpaired) electrons. The molecule has 2 fully saturated rings. The number of sulfonamides is 1. The zero-order chi connectivity index (χ0) is 18.7. The SMILES string of the molecule is CC(C)c1ccc(S(=O)(=O)N2CCCC(C(=O)N3CCOCC3)C2)cc1. The van der Waals surface area contributed by atoms with E-state index in [-0.39, 0.29) is 18.4 Å². The first-order chi connectivity index (χ1) is 12.4. The summed E-state index contributed by atoms with van der Waals surface area (Å²) in [6, 6.07) is 7.10. The molecule has 0 saturated carbocycles. The van der Waals surface area contributed by atoms with Crippen molar-refractivity contribution in [3.05, 3.63) is 29.8 Å². The summed E-state index contributed by atoms with van der Waals surface area (Å²) in [6.45, 7) is 7.21. The molecule has 0 aromatic heterocycles. The van der Waals surface area contributed by atoms with Crippen molar-refractivity contribution in [3.8, 4) is 0 Å². The molecule has 1 aromatic rings. The molecule has 1 amide bonds. The quantitative estimate of drug-likeness (QED) is 0.802. The van der Waals surface area contributed by atoms with Gasteiger partial charge in [0.1, 0.15) is 0 Å². The summed E-state index contributed by atoms with van der Waals surface area (Å²) in [7, 11) is -3.56. The zero-order valence-electron chi connectivity index (χ0n) is 15.6. The Morgan fingerprint density at radius 3 is 2.38 bits per heavy atom. The highest BCUT2D eigenvalue weighted by molar-refractivity contribution is 7.89. The van der Waals surface area contributed by atoms with E-state index in [0.29, 0.717) is 50.1 Å². The smallest absolute Gasteiger partial charge is 0.243 e. The van der Waals surface area contributed by atoms with Gasteiger partial charge >= 0.3 is 0 Å². The number of hydrogen-bond acceptors (Lipinski definition) is 4. The standard InChI is InChI=1S/C19H28N2O4S/c1-15(2)16-5-7-18(8-6-16)26(23,24)21-9-3-4-17(14-21)19(22)20-10-12-25-13-11-20/h5-8,15,17H,3-4,9-14H2,1-2H3. The number of benzene rings is 1. The van der Waals surface area contributed by atoms with Gasteiger partial charge in [0, 0.05) is 26.2 Å². The lowest BCUT2D eigenvalue weighted by atomic mass is 9.98. The molecule has 0 N–H and O–H groups in total. The molecule has 1 aromatic carbocycles. The van der Waals surface area contributed by atoms with Crippen LogP contribution in [0.5, 0.6) is 0 Å². The topological polar surface area (TPSA) is 66.9 Å². The fraction of sp³-hybridized carbons (Fsp3) is 0.632. The van der Waals surface area contributed by atoms with Gasteiger partial charge in [-0.15, -0.1) is 0 Å². The van der Waals surface area contributed by atoms with Crippen LogP contribution >= 0.6 is 0 Å². The van der Waals surface area contributed by atoms with Crippen molar-refractivity contribution in [2.75, 3.05) is 39.4 Å². The van der Waals surface area contributed by atoms with Crippen LogP contribution in [0, 0.1) is 5.92 Å². The fourth-order valence-electron chi connectivity index (χ4n) is 3.58. The second-order valence-corrected chi connectivity index (χ2v) is 9.30. The number of hydrogen-bond donors (Lipinski definition) is 0. The monoisotopic (exact) mass is 380 g/mol.